The fourth-order valence-electron chi connectivity index (χ4n) is 1.99. The lowest BCUT2D eigenvalue weighted by Crippen LogP contribution is -2.32. The lowest BCUT2D eigenvalue weighted by molar-refractivity contribution is 0.401. The van der Waals surface area contributed by atoms with E-state index in [1.54, 1.807) is 7.11 Å². The summed E-state index contributed by atoms with van der Waals surface area (Å²) in [4.78, 5) is 0. The molecule has 2 heteroatoms. The van der Waals surface area contributed by atoms with Crippen LogP contribution in [-0.4, -0.2) is 7.11 Å². The summed E-state index contributed by atoms with van der Waals surface area (Å²) in [7, 11) is 1.68. The second-order valence-electron chi connectivity index (χ2n) is 5.43. The molecule has 2 nitrogen and oxygen atoms in total. The van der Waals surface area contributed by atoms with Crippen molar-refractivity contribution in [3.63, 3.8) is 0 Å². The van der Waals surface area contributed by atoms with Crippen molar-refractivity contribution in [2.24, 2.45) is 11.7 Å². The molecule has 0 heterocycles. The van der Waals surface area contributed by atoms with Crippen molar-refractivity contribution >= 4 is 0 Å². The standard InChI is InChI=1S/C15H25NO/c1-12(2)6-5-11-15(3,16)13-7-9-14(17-4)10-8-13/h7-10,12H,5-6,11,16H2,1-4H3. The highest BCUT2D eigenvalue weighted by atomic mass is 16.5. The number of benzene rings is 1. The highest BCUT2D eigenvalue weighted by Gasteiger charge is 2.20. The van der Waals surface area contributed by atoms with Gasteiger partial charge in [-0.05, 0) is 37.0 Å². The Morgan fingerprint density at radius 2 is 1.82 bits per heavy atom. The van der Waals surface area contributed by atoms with Crippen molar-refractivity contribution in [1.82, 2.24) is 0 Å². The topological polar surface area (TPSA) is 35.2 Å². The fourth-order valence-corrected chi connectivity index (χ4v) is 1.99. The lowest BCUT2D eigenvalue weighted by atomic mass is 9.87. The second-order valence-corrected chi connectivity index (χ2v) is 5.43. The molecule has 1 aromatic carbocycles. The Hall–Kier alpha value is -1.02. The molecule has 0 radical (unpaired) electrons. The number of rotatable bonds is 6. The molecule has 1 atom stereocenters. The van der Waals surface area contributed by atoms with E-state index in [0.29, 0.717) is 0 Å². The van der Waals surface area contributed by atoms with E-state index in [0.717, 1.165) is 18.1 Å². The molecule has 0 aliphatic heterocycles. The Balaban J connectivity index is 2.61. The Morgan fingerprint density at radius 1 is 1.24 bits per heavy atom. The van der Waals surface area contributed by atoms with Gasteiger partial charge in [0.2, 0.25) is 0 Å². The maximum atomic E-state index is 6.37. The van der Waals surface area contributed by atoms with Crippen LogP contribution in [0.3, 0.4) is 0 Å². The number of nitrogens with two attached hydrogens (primary N) is 1. The zero-order valence-electron chi connectivity index (χ0n) is 11.5. The molecule has 1 aromatic rings. The maximum absolute atomic E-state index is 6.37. The highest BCUT2D eigenvalue weighted by Crippen LogP contribution is 2.26. The summed E-state index contributed by atoms with van der Waals surface area (Å²) in [5.74, 6) is 1.63. The van der Waals surface area contributed by atoms with Crippen molar-refractivity contribution < 1.29 is 4.74 Å². The van der Waals surface area contributed by atoms with Crippen LogP contribution in [0.4, 0.5) is 0 Å². The van der Waals surface area contributed by atoms with Gasteiger partial charge in [0.05, 0.1) is 7.11 Å². The average Bonchev–Trinajstić information content (AvgIpc) is 2.28. The summed E-state index contributed by atoms with van der Waals surface area (Å²) in [6, 6.07) is 8.08. The summed E-state index contributed by atoms with van der Waals surface area (Å²) in [5, 5.41) is 0. The third kappa shape index (κ3) is 4.39. The van der Waals surface area contributed by atoms with E-state index < -0.39 is 0 Å². The quantitative estimate of drug-likeness (QED) is 0.816. The predicted molar refractivity (Wildman–Crippen MR) is 73.2 cm³/mol. The highest BCUT2D eigenvalue weighted by molar-refractivity contribution is 5.31. The molecule has 2 N–H and O–H groups in total. The summed E-state index contributed by atoms with van der Waals surface area (Å²) in [5.41, 5.74) is 7.32. The molecule has 0 amide bonds. The number of hydrogen-bond acceptors (Lipinski definition) is 2. The summed E-state index contributed by atoms with van der Waals surface area (Å²) >= 11 is 0. The van der Waals surface area contributed by atoms with Gasteiger partial charge in [-0.15, -0.1) is 0 Å². The second kappa shape index (κ2) is 6.06. The molecule has 96 valence electrons. The van der Waals surface area contributed by atoms with Crippen LogP contribution in [0.1, 0.15) is 45.6 Å². The molecule has 0 saturated carbocycles. The smallest absolute Gasteiger partial charge is 0.118 e. The molecule has 1 rings (SSSR count). The number of hydrogen-bond donors (Lipinski definition) is 1. The molecule has 17 heavy (non-hydrogen) atoms. The van der Waals surface area contributed by atoms with Crippen LogP contribution in [-0.2, 0) is 5.54 Å². The zero-order valence-corrected chi connectivity index (χ0v) is 11.5. The third-order valence-electron chi connectivity index (χ3n) is 3.23. The zero-order chi connectivity index (χ0) is 12.9. The van der Waals surface area contributed by atoms with Crippen LogP contribution in [0.15, 0.2) is 24.3 Å². The minimum Gasteiger partial charge on any atom is -0.497 e. The van der Waals surface area contributed by atoms with Gasteiger partial charge in [0.25, 0.3) is 0 Å². The van der Waals surface area contributed by atoms with E-state index in [4.69, 9.17) is 10.5 Å². The maximum Gasteiger partial charge on any atom is 0.118 e. The number of methoxy groups -OCH3 is 1. The lowest BCUT2D eigenvalue weighted by Gasteiger charge is -2.25. The molecular weight excluding hydrogens is 210 g/mol. The monoisotopic (exact) mass is 235 g/mol. The first kappa shape index (κ1) is 14.0. The van der Waals surface area contributed by atoms with Crippen LogP contribution in [0.2, 0.25) is 0 Å². The molecule has 0 fully saturated rings. The molecule has 0 aromatic heterocycles. The van der Waals surface area contributed by atoms with Crippen molar-refractivity contribution in [3.8, 4) is 5.75 Å². The Kier molecular flexibility index (Phi) is 5.01. The SMILES string of the molecule is COc1ccc(C(C)(N)CCCC(C)C)cc1. The van der Waals surface area contributed by atoms with Crippen molar-refractivity contribution in [3.05, 3.63) is 29.8 Å². The van der Waals surface area contributed by atoms with E-state index in [1.165, 1.54) is 18.4 Å². The van der Waals surface area contributed by atoms with Gasteiger partial charge in [0.1, 0.15) is 5.75 Å². The Bertz CT molecular complexity index is 327. The van der Waals surface area contributed by atoms with E-state index in [2.05, 4.69) is 32.9 Å². The van der Waals surface area contributed by atoms with E-state index in [1.807, 2.05) is 12.1 Å². The van der Waals surface area contributed by atoms with Gasteiger partial charge in [-0.2, -0.15) is 0 Å². The van der Waals surface area contributed by atoms with Crippen LogP contribution >= 0.6 is 0 Å². The first-order valence-electron chi connectivity index (χ1n) is 6.39. The molecule has 0 aliphatic carbocycles. The predicted octanol–water partition coefficient (Wildman–Crippen LogP) is 3.70. The van der Waals surface area contributed by atoms with Crippen LogP contribution in [0.25, 0.3) is 0 Å². The van der Waals surface area contributed by atoms with Gasteiger partial charge < -0.3 is 10.5 Å². The van der Waals surface area contributed by atoms with Crippen molar-refractivity contribution in [2.45, 2.75) is 45.6 Å². The van der Waals surface area contributed by atoms with Crippen LogP contribution in [0, 0.1) is 5.92 Å². The van der Waals surface area contributed by atoms with E-state index >= 15 is 0 Å². The summed E-state index contributed by atoms with van der Waals surface area (Å²) < 4.78 is 5.15. The molecular formula is C15H25NO. The fraction of sp³-hybridized carbons (Fsp3) is 0.600. The van der Waals surface area contributed by atoms with Gasteiger partial charge in [-0.3, -0.25) is 0 Å². The van der Waals surface area contributed by atoms with Gasteiger partial charge in [0, 0.05) is 5.54 Å². The average molecular weight is 235 g/mol. The third-order valence-corrected chi connectivity index (χ3v) is 3.23. The van der Waals surface area contributed by atoms with Crippen LogP contribution < -0.4 is 10.5 Å². The normalized spacial score (nSPS) is 14.7. The molecule has 0 bridgehead atoms. The minimum atomic E-state index is -0.235. The number of ether oxygens (including phenoxy) is 1. The van der Waals surface area contributed by atoms with Crippen molar-refractivity contribution in [1.29, 1.82) is 0 Å². The largest absolute Gasteiger partial charge is 0.497 e. The van der Waals surface area contributed by atoms with Gasteiger partial charge in [0.15, 0.2) is 0 Å². The molecule has 0 aliphatic rings. The summed E-state index contributed by atoms with van der Waals surface area (Å²) in [6.45, 7) is 6.61. The van der Waals surface area contributed by atoms with Crippen LogP contribution in [0.5, 0.6) is 5.75 Å². The first-order valence-corrected chi connectivity index (χ1v) is 6.39. The Morgan fingerprint density at radius 3 is 2.29 bits per heavy atom. The molecule has 1 unspecified atom stereocenters. The Labute approximate surface area is 105 Å². The van der Waals surface area contributed by atoms with Gasteiger partial charge >= 0.3 is 0 Å². The van der Waals surface area contributed by atoms with E-state index in [9.17, 15) is 0 Å². The van der Waals surface area contributed by atoms with E-state index in [-0.39, 0.29) is 5.54 Å². The first-order chi connectivity index (χ1) is 7.95. The van der Waals surface area contributed by atoms with Gasteiger partial charge in [-0.25, -0.2) is 0 Å². The molecule has 0 saturated heterocycles. The van der Waals surface area contributed by atoms with Gasteiger partial charge in [-0.1, -0.05) is 38.8 Å². The molecule has 0 spiro atoms. The minimum absolute atomic E-state index is 0.235. The van der Waals surface area contributed by atoms with Crippen molar-refractivity contribution in [2.75, 3.05) is 7.11 Å². The summed E-state index contributed by atoms with van der Waals surface area (Å²) in [6.07, 6.45) is 3.44.